The highest BCUT2D eigenvalue weighted by molar-refractivity contribution is 5.78. The van der Waals surface area contributed by atoms with Crippen molar-refractivity contribution in [3.63, 3.8) is 0 Å². The molecule has 0 saturated heterocycles. The van der Waals surface area contributed by atoms with Gasteiger partial charge >= 0.3 is 5.97 Å². The molecule has 0 radical (unpaired) electrons. The highest BCUT2D eigenvalue weighted by Crippen LogP contribution is 2.36. The van der Waals surface area contributed by atoms with Crippen LogP contribution in [0.5, 0.6) is 0 Å². The fourth-order valence-electron chi connectivity index (χ4n) is 2.98. The number of carbonyl (C=O) groups is 2. The fraction of sp³-hybridized carbons (Fsp3) is 0.867. The lowest BCUT2D eigenvalue weighted by Crippen LogP contribution is -2.52. The van der Waals surface area contributed by atoms with Crippen LogP contribution in [-0.2, 0) is 9.59 Å². The summed E-state index contributed by atoms with van der Waals surface area (Å²) in [4.78, 5) is 25.2. The Morgan fingerprint density at radius 3 is 2.25 bits per heavy atom. The molecular weight excluding hydrogens is 256 g/mol. The van der Waals surface area contributed by atoms with E-state index in [1.165, 1.54) is 0 Å². The maximum atomic E-state index is 12.4. The van der Waals surface area contributed by atoms with E-state index in [9.17, 15) is 9.59 Å². The molecule has 1 fully saturated rings. The van der Waals surface area contributed by atoms with E-state index in [4.69, 9.17) is 10.8 Å². The van der Waals surface area contributed by atoms with Crippen LogP contribution in [0.25, 0.3) is 0 Å². The zero-order valence-corrected chi connectivity index (χ0v) is 12.9. The number of nitrogens with zero attached hydrogens (tertiary/aromatic N) is 1. The molecule has 1 aliphatic carbocycles. The number of nitrogens with two attached hydrogens (primary N) is 1. The summed E-state index contributed by atoms with van der Waals surface area (Å²) in [6, 6.07) is 0. The van der Waals surface area contributed by atoms with Crippen molar-refractivity contribution in [2.24, 2.45) is 5.73 Å². The van der Waals surface area contributed by atoms with Gasteiger partial charge in [-0.15, -0.1) is 0 Å². The molecule has 1 rings (SSSR count). The lowest BCUT2D eigenvalue weighted by Gasteiger charge is -2.44. The molecule has 0 spiro atoms. The quantitative estimate of drug-likeness (QED) is 0.782. The van der Waals surface area contributed by atoms with Gasteiger partial charge in [0.2, 0.25) is 5.91 Å². The first-order chi connectivity index (χ1) is 9.16. The largest absolute Gasteiger partial charge is 0.481 e. The normalized spacial score (nSPS) is 18.6. The molecule has 0 aliphatic heterocycles. The highest BCUT2D eigenvalue weighted by atomic mass is 16.4. The average Bonchev–Trinajstić information content (AvgIpc) is 2.34. The van der Waals surface area contributed by atoms with E-state index < -0.39 is 11.5 Å². The van der Waals surface area contributed by atoms with Crippen molar-refractivity contribution in [3.05, 3.63) is 0 Å². The standard InChI is InChI=1S/C15H28N2O3/c1-14(2,16)10-7-12(18)17(3)15(11-13(19)20)8-5-4-6-9-15/h4-11,16H2,1-3H3,(H,19,20). The first-order valence-corrected chi connectivity index (χ1v) is 7.44. The predicted molar refractivity (Wildman–Crippen MR) is 78.3 cm³/mol. The maximum absolute atomic E-state index is 12.4. The number of aliphatic carboxylic acids is 1. The molecular formula is C15H28N2O3. The van der Waals surface area contributed by atoms with E-state index in [1.54, 1.807) is 11.9 Å². The number of rotatable bonds is 6. The second-order valence-corrected chi connectivity index (χ2v) is 6.80. The van der Waals surface area contributed by atoms with E-state index in [0.29, 0.717) is 12.8 Å². The Hall–Kier alpha value is -1.10. The minimum Gasteiger partial charge on any atom is -0.481 e. The highest BCUT2D eigenvalue weighted by Gasteiger charge is 2.40. The van der Waals surface area contributed by atoms with Gasteiger partial charge in [0.05, 0.1) is 12.0 Å². The van der Waals surface area contributed by atoms with Gasteiger partial charge in [0.25, 0.3) is 0 Å². The van der Waals surface area contributed by atoms with E-state index in [0.717, 1.165) is 32.1 Å². The second-order valence-electron chi connectivity index (χ2n) is 6.80. The third-order valence-corrected chi connectivity index (χ3v) is 4.33. The minimum absolute atomic E-state index is 0.00618. The lowest BCUT2D eigenvalue weighted by atomic mass is 9.78. The van der Waals surface area contributed by atoms with Gasteiger partial charge in [-0.05, 0) is 33.1 Å². The van der Waals surface area contributed by atoms with Crippen LogP contribution in [0.4, 0.5) is 0 Å². The molecule has 5 nitrogen and oxygen atoms in total. The molecule has 0 atom stereocenters. The monoisotopic (exact) mass is 284 g/mol. The van der Waals surface area contributed by atoms with Gasteiger partial charge in [0, 0.05) is 19.0 Å². The summed E-state index contributed by atoms with van der Waals surface area (Å²) >= 11 is 0. The van der Waals surface area contributed by atoms with Crippen molar-refractivity contribution in [1.29, 1.82) is 0 Å². The summed E-state index contributed by atoms with van der Waals surface area (Å²) in [5.74, 6) is -0.822. The number of hydrogen-bond acceptors (Lipinski definition) is 3. The van der Waals surface area contributed by atoms with E-state index >= 15 is 0 Å². The third kappa shape index (κ3) is 4.78. The molecule has 0 aromatic rings. The number of carboxylic acid groups (broad SMARTS) is 1. The minimum atomic E-state index is -0.828. The van der Waals surface area contributed by atoms with Crippen molar-refractivity contribution in [2.75, 3.05) is 7.05 Å². The summed E-state index contributed by atoms with van der Waals surface area (Å²) < 4.78 is 0. The molecule has 1 aliphatic rings. The first-order valence-electron chi connectivity index (χ1n) is 7.44. The van der Waals surface area contributed by atoms with Gasteiger partial charge in [-0.2, -0.15) is 0 Å². The number of hydrogen-bond donors (Lipinski definition) is 2. The van der Waals surface area contributed by atoms with Gasteiger partial charge in [0.1, 0.15) is 0 Å². The van der Waals surface area contributed by atoms with Crippen LogP contribution in [0, 0.1) is 0 Å². The third-order valence-electron chi connectivity index (χ3n) is 4.33. The predicted octanol–water partition coefficient (Wildman–Crippen LogP) is 2.14. The number of carboxylic acids is 1. The molecule has 0 heterocycles. The van der Waals surface area contributed by atoms with Crippen LogP contribution in [0.1, 0.15) is 65.2 Å². The summed E-state index contributed by atoms with van der Waals surface area (Å²) in [5, 5.41) is 9.16. The van der Waals surface area contributed by atoms with Crippen molar-refractivity contribution in [1.82, 2.24) is 4.90 Å². The van der Waals surface area contributed by atoms with Gasteiger partial charge in [-0.25, -0.2) is 0 Å². The summed E-state index contributed by atoms with van der Waals surface area (Å²) in [6.45, 7) is 3.79. The molecule has 0 aromatic heterocycles. The van der Waals surface area contributed by atoms with Crippen LogP contribution >= 0.6 is 0 Å². The molecule has 20 heavy (non-hydrogen) atoms. The van der Waals surface area contributed by atoms with Gasteiger partial charge in [0.15, 0.2) is 0 Å². The van der Waals surface area contributed by atoms with Crippen LogP contribution in [0.2, 0.25) is 0 Å². The summed E-state index contributed by atoms with van der Waals surface area (Å²) in [5.41, 5.74) is 5.04. The molecule has 0 aromatic carbocycles. The van der Waals surface area contributed by atoms with Gasteiger partial charge < -0.3 is 15.7 Å². The molecule has 0 bridgehead atoms. The van der Waals surface area contributed by atoms with E-state index in [1.807, 2.05) is 13.8 Å². The summed E-state index contributed by atoms with van der Waals surface area (Å²) in [6.07, 6.45) is 5.71. The average molecular weight is 284 g/mol. The Labute approximate surface area is 121 Å². The van der Waals surface area contributed by atoms with Crippen LogP contribution < -0.4 is 5.73 Å². The second kappa shape index (κ2) is 6.57. The lowest BCUT2D eigenvalue weighted by molar-refractivity contribution is -0.146. The Kier molecular flexibility index (Phi) is 5.57. The number of carbonyl (C=O) groups excluding carboxylic acids is 1. The maximum Gasteiger partial charge on any atom is 0.305 e. The Balaban J connectivity index is 2.74. The van der Waals surface area contributed by atoms with Crippen LogP contribution in [-0.4, -0.2) is 40.0 Å². The van der Waals surface area contributed by atoms with Crippen LogP contribution in [0.3, 0.4) is 0 Å². The molecule has 0 unspecified atom stereocenters. The molecule has 3 N–H and O–H groups in total. The van der Waals surface area contributed by atoms with Crippen LogP contribution in [0.15, 0.2) is 0 Å². The van der Waals surface area contributed by atoms with Gasteiger partial charge in [-0.3, -0.25) is 9.59 Å². The Morgan fingerprint density at radius 1 is 1.25 bits per heavy atom. The van der Waals surface area contributed by atoms with Crippen molar-refractivity contribution < 1.29 is 14.7 Å². The van der Waals surface area contributed by atoms with E-state index in [2.05, 4.69) is 0 Å². The zero-order valence-electron chi connectivity index (χ0n) is 12.9. The zero-order chi connectivity index (χ0) is 15.4. The van der Waals surface area contributed by atoms with Crippen molar-refractivity contribution in [3.8, 4) is 0 Å². The molecule has 1 saturated carbocycles. The van der Waals surface area contributed by atoms with Crippen molar-refractivity contribution >= 4 is 11.9 Å². The molecule has 5 heteroatoms. The Morgan fingerprint density at radius 2 is 1.80 bits per heavy atom. The van der Waals surface area contributed by atoms with E-state index in [-0.39, 0.29) is 17.9 Å². The smallest absolute Gasteiger partial charge is 0.305 e. The first kappa shape index (κ1) is 17.0. The number of amides is 1. The van der Waals surface area contributed by atoms with Crippen molar-refractivity contribution in [2.45, 2.75) is 76.3 Å². The SMILES string of the molecule is CN(C(=O)CCC(C)(C)N)C1(CC(=O)O)CCCCC1. The topological polar surface area (TPSA) is 83.6 Å². The Bertz CT molecular complexity index is 355. The molecule has 116 valence electrons. The fourth-order valence-corrected chi connectivity index (χ4v) is 2.98. The molecule has 1 amide bonds. The van der Waals surface area contributed by atoms with Gasteiger partial charge in [-0.1, -0.05) is 19.3 Å². The summed E-state index contributed by atoms with van der Waals surface area (Å²) in [7, 11) is 1.75.